The highest BCUT2D eigenvalue weighted by molar-refractivity contribution is 9.10. The van der Waals surface area contributed by atoms with E-state index in [2.05, 4.69) is 26.5 Å². The van der Waals surface area contributed by atoms with Gasteiger partial charge in [0.15, 0.2) is 23.0 Å². The van der Waals surface area contributed by atoms with E-state index in [-0.39, 0.29) is 18.9 Å². The third-order valence-electron chi connectivity index (χ3n) is 4.96. The number of hydrogen-bond donors (Lipinski definition) is 1. The highest BCUT2D eigenvalue weighted by atomic mass is 79.9. The molecule has 0 saturated carbocycles. The summed E-state index contributed by atoms with van der Waals surface area (Å²) < 4.78 is 23.2. The highest BCUT2D eigenvalue weighted by Gasteiger charge is 2.14. The van der Waals surface area contributed by atoms with Crippen LogP contribution in [-0.2, 0) is 17.8 Å². The van der Waals surface area contributed by atoms with E-state index in [0.717, 1.165) is 11.1 Å². The van der Waals surface area contributed by atoms with Crippen molar-refractivity contribution in [1.82, 2.24) is 5.43 Å². The molecule has 9 heteroatoms. The predicted octanol–water partition coefficient (Wildman–Crippen LogP) is 5.15. The summed E-state index contributed by atoms with van der Waals surface area (Å²) in [6, 6.07) is 16.5. The van der Waals surface area contributed by atoms with Crippen LogP contribution in [0.25, 0.3) is 0 Å². The van der Waals surface area contributed by atoms with E-state index in [1.165, 1.54) is 6.21 Å². The van der Waals surface area contributed by atoms with Crippen molar-refractivity contribution in [1.29, 1.82) is 0 Å². The topological polar surface area (TPSA) is 78.4 Å². The second kappa shape index (κ2) is 11.3. The van der Waals surface area contributed by atoms with Crippen molar-refractivity contribution < 1.29 is 23.7 Å². The number of methoxy groups -OCH3 is 1. The molecular formula is C25H22BrClN2O5. The highest BCUT2D eigenvalue weighted by Crippen LogP contribution is 2.37. The van der Waals surface area contributed by atoms with Gasteiger partial charge in [-0.3, -0.25) is 4.79 Å². The lowest BCUT2D eigenvalue weighted by molar-refractivity contribution is -0.120. The van der Waals surface area contributed by atoms with E-state index in [4.69, 9.17) is 30.5 Å². The summed E-state index contributed by atoms with van der Waals surface area (Å²) in [6.07, 6.45) is 1.70. The summed E-state index contributed by atoms with van der Waals surface area (Å²) in [5.74, 6) is 2.15. The molecule has 0 saturated heterocycles. The van der Waals surface area contributed by atoms with Crippen LogP contribution in [0.3, 0.4) is 0 Å². The summed E-state index contributed by atoms with van der Waals surface area (Å²) in [5, 5.41) is 4.69. The molecule has 176 valence electrons. The van der Waals surface area contributed by atoms with Crippen molar-refractivity contribution >= 4 is 39.7 Å². The van der Waals surface area contributed by atoms with E-state index in [9.17, 15) is 4.79 Å². The van der Waals surface area contributed by atoms with Gasteiger partial charge in [-0.1, -0.05) is 35.9 Å². The molecule has 34 heavy (non-hydrogen) atoms. The van der Waals surface area contributed by atoms with Gasteiger partial charge in [0.1, 0.15) is 19.8 Å². The van der Waals surface area contributed by atoms with Crippen LogP contribution in [0.2, 0.25) is 5.02 Å². The van der Waals surface area contributed by atoms with E-state index in [1.54, 1.807) is 25.3 Å². The Hall–Kier alpha value is -3.23. The maximum atomic E-state index is 12.3. The third-order valence-corrected chi connectivity index (χ3v) is 5.91. The van der Waals surface area contributed by atoms with Gasteiger partial charge in [-0.2, -0.15) is 5.10 Å². The molecule has 3 aromatic carbocycles. The number of hydrazone groups is 1. The first-order chi connectivity index (χ1) is 16.5. The Morgan fingerprint density at radius 2 is 1.94 bits per heavy atom. The fourth-order valence-electron chi connectivity index (χ4n) is 3.32. The molecule has 0 spiro atoms. The number of rotatable bonds is 8. The van der Waals surface area contributed by atoms with Gasteiger partial charge in [-0.15, -0.1) is 0 Å². The second-order valence-corrected chi connectivity index (χ2v) is 8.62. The molecule has 7 nitrogen and oxygen atoms in total. The van der Waals surface area contributed by atoms with Crippen LogP contribution in [0.5, 0.6) is 23.0 Å². The Morgan fingerprint density at radius 3 is 2.74 bits per heavy atom. The Labute approximate surface area is 210 Å². The van der Waals surface area contributed by atoms with E-state index >= 15 is 0 Å². The predicted molar refractivity (Wildman–Crippen MR) is 133 cm³/mol. The van der Waals surface area contributed by atoms with Crippen LogP contribution in [0, 0.1) is 0 Å². The number of amides is 1. The summed E-state index contributed by atoms with van der Waals surface area (Å²) >= 11 is 9.72. The van der Waals surface area contributed by atoms with Crippen molar-refractivity contribution in [2.75, 3.05) is 20.3 Å². The molecule has 1 N–H and O–H groups in total. The number of ether oxygens (including phenoxy) is 4. The van der Waals surface area contributed by atoms with Crippen molar-refractivity contribution in [3.8, 4) is 23.0 Å². The number of carbonyl (C=O) groups is 1. The zero-order valence-electron chi connectivity index (χ0n) is 18.3. The smallest absolute Gasteiger partial charge is 0.244 e. The summed E-state index contributed by atoms with van der Waals surface area (Å²) in [6.45, 7) is 1.31. The number of nitrogens with one attached hydrogen (secondary N) is 1. The van der Waals surface area contributed by atoms with Crippen molar-refractivity contribution in [3.63, 3.8) is 0 Å². The van der Waals surface area contributed by atoms with E-state index < -0.39 is 0 Å². The first-order valence-electron chi connectivity index (χ1n) is 10.5. The van der Waals surface area contributed by atoms with Gasteiger partial charge in [-0.05, 0) is 57.4 Å². The minimum Gasteiger partial charge on any atom is -0.493 e. The summed E-state index contributed by atoms with van der Waals surface area (Å²) in [7, 11) is 1.56. The van der Waals surface area contributed by atoms with E-state index in [0.29, 0.717) is 51.3 Å². The van der Waals surface area contributed by atoms with Gasteiger partial charge >= 0.3 is 0 Å². The lowest BCUT2D eigenvalue weighted by Crippen LogP contribution is -2.20. The number of fused-ring (bicyclic) bond motifs is 1. The van der Waals surface area contributed by atoms with E-state index in [1.807, 2.05) is 36.4 Å². The van der Waals surface area contributed by atoms with Crippen molar-refractivity contribution in [3.05, 3.63) is 80.8 Å². The Balaban J connectivity index is 1.37. The summed E-state index contributed by atoms with van der Waals surface area (Å²) in [5.41, 5.74) is 4.93. The molecule has 0 aliphatic carbocycles. The summed E-state index contributed by atoms with van der Waals surface area (Å²) in [4.78, 5) is 12.3. The van der Waals surface area contributed by atoms with Crippen molar-refractivity contribution in [2.45, 2.75) is 13.0 Å². The Morgan fingerprint density at radius 1 is 1.15 bits per heavy atom. The van der Waals surface area contributed by atoms with Crippen LogP contribution in [0.4, 0.5) is 0 Å². The molecular weight excluding hydrogens is 524 g/mol. The number of halogens is 2. The van der Waals surface area contributed by atoms with Gasteiger partial charge in [0.05, 0.1) is 24.2 Å². The molecule has 0 fully saturated rings. The number of benzene rings is 3. The lowest BCUT2D eigenvalue weighted by atomic mass is 10.1. The fraction of sp³-hybridized carbons (Fsp3) is 0.200. The Bertz CT molecular complexity index is 1220. The van der Waals surface area contributed by atoms with Gasteiger partial charge in [-0.25, -0.2) is 5.43 Å². The molecule has 0 bridgehead atoms. The zero-order valence-corrected chi connectivity index (χ0v) is 20.7. The van der Waals surface area contributed by atoms with Crippen LogP contribution in [-0.4, -0.2) is 32.4 Å². The average Bonchev–Trinajstić information content (AvgIpc) is 2.84. The Kier molecular flexibility index (Phi) is 7.92. The lowest BCUT2D eigenvalue weighted by Gasteiger charge is -2.18. The maximum absolute atomic E-state index is 12.3. The zero-order chi connectivity index (χ0) is 23.9. The molecule has 4 rings (SSSR count). The van der Waals surface area contributed by atoms with Crippen molar-refractivity contribution in [2.24, 2.45) is 5.10 Å². The second-order valence-electron chi connectivity index (χ2n) is 7.36. The molecule has 1 amide bonds. The normalized spacial score (nSPS) is 12.4. The minimum absolute atomic E-state index is 0.163. The molecule has 1 aliphatic rings. The fourth-order valence-corrected chi connectivity index (χ4v) is 4.09. The molecule has 3 aromatic rings. The van der Waals surface area contributed by atoms with Crippen LogP contribution in [0.1, 0.15) is 16.7 Å². The van der Waals surface area contributed by atoms with Gasteiger partial charge < -0.3 is 18.9 Å². The standard InChI is InChI=1S/C25H22BrClN2O5/c1-31-23-12-17(10-19(26)25(23)34-15-18-4-2-3-5-20(18)27)14-28-29-24(30)13-16-6-7-21-22(11-16)33-9-8-32-21/h2-7,10-12,14H,8-9,13,15H2,1H3,(H,29,30)/b28-14+. The monoisotopic (exact) mass is 544 g/mol. The molecule has 0 aromatic heterocycles. The number of hydrogen-bond acceptors (Lipinski definition) is 6. The average molecular weight is 546 g/mol. The first kappa shape index (κ1) is 23.9. The van der Waals surface area contributed by atoms with Gasteiger partial charge in [0.25, 0.3) is 0 Å². The number of nitrogens with zero attached hydrogens (tertiary/aromatic N) is 1. The quantitative estimate of drug-likeness (QED) is 0.313. The maximum Gasteiger partial charge on any atom is 0.244 e. The molecule has 0 unspecified atom stereocenters. The minimum atomic E-state index is -0.251. The van der Waals surface area contributed by atoms with Gasteiger partial charge in [0, 0.05) is 10.6 Å². The first-order valence-corrected chi connectivity index (χ1v) is 11.6. The number of carbonyl (C=O) groups excluding carboxylic acids is 1. The SMILES string of the molecule is COc1cc(/C=N/NC(=O)Cc2ccc3c(c2)OCCO3)cc(Br)c1OCc1ccccc1Cl. The molecule has 1 aliphatic heterocycles. The third kappa shape index (κ3) is 6.01. The van der Waals surface area contributed by atoms with Crippen LogP contribution < -0.4 is 24.4 Å². The largest absolute Gasteiger partial charge is 0.493 e. The molecule has 1 heterocycles. The molecule has 0 atom stereocenters. The van der Waals surface area contributed by atoms with Gasteiger partial charge in [0.2, 0.25) is 5.91 Å². The van der Waals surface area contributed by atoms with Crippen LogP contribution >= 0.6 is 27.5 Å². The van der Waals surface area contributed by atoms with Crippen LogP contribution in [0.15, 0.2) is 64.2 Å². The molecule has 0 radical (unpaired) electrons.